The van der Waals surface area contributed by atoms with Crippen molar-refractivity contribution in [1.82, 2.24) is 0 Å². The van der Waals surface area contributed by atoms with Gasteiger partial charge in [-0.2, -0.15) is 0 Å². The summed E-state index contributed by atoms with van der Waals surface area (Å²) in [5, 5.41) is 2.67. The molecule has 1 aliphatic carbocycles. The molecular formula is C15H15N. The molecule has 0 spiro atoms. The standard InChI is InChI=1S/C15H15N/c1-16-15-8-4-7-13-9-11-5-2-3-6-12(11)10-14(13)15/h2-3,5-6,9-10H,4,7-8H2,1H3. The molecule has 80 valence electrons. The van der Waals surface area contributed by atoms with E-state index in [9.17, 15) is 0 Å². The summed E-state index contributed by atoms with van der Waals surface area (Å²) in [5.74, 6) is 0. The summed E-state index contributed by atoms with van der Waals surface area (Å²) in [7, 11) is 1.90. The molecule has 16 heavy (non-hydrogen) atoms. The van der Waals surface area contributed by atoms with E-state index in [1.165, 1.54) is 40.5 Å². The van der Waals surface area contributed by atoms with Crippen molar-refractivity contribution in [3.8, 4) is 0 Å². The van der Waals surface area contributed by atoms with Crippen LogP contribution in [-0.2, 0) is 6.42 Å². The van der Waals surface area contributed by atoms with Gasteiger partial charge in [-0.15, -0.1) is 0 Å². The lowest BCUT2D eigenvalue weighted by molar-refractivity contribution is 0.839. The van der Waals surface area contributed by atoms with Crippen LogP contribution < -0.4 is 0 Å². The van der Waals surface area contributed by atoms with E-state index in [1.807, 2.05) is 7.05 Å². The number of aliphatic imine (C=N–C) groups is 1. The minimum Gasteiger partial charge on any atom is -0.292 e. The molecule has 0 fully saturated rings. The van der Waals surface area contributed by atoms with Crippen molar-refractivity contribution in [3.05, 3.63) is 47.5 Å². The van der Waals surface area contributed by atoms with E-state index in [-0.39, 0.29) is 0 Å². The minimum atomic E-state index is 1.13. The van der Waals surface area contributed by atoms with E-state index < -0.39 is 0 Å². The molecule has 2 aromatic carbocycles. The summed E-state index contributed by atoms with van der Waals surface area (Å²) in [6.07, 6.45) is 3.55. The minimum absolute atomic E-state index is 1.13. The normalized spacial score (nSPS) is 17.7. The first-order valence-corrected chi connectivity index (χ1v) is 5.86. The molecule has 3 rings (SSSR count). The van der Waals surface area contributed by atoms with E-state index in [0.717, 1.165) is 6.42 Å². The van der Waals surface area contributed by atoms with Crippen molar-refractivity contribution < 1.29 is 0 Å². The van der Waals surface area contributed by atoms with Crippen LogP contribution in [0.15, 0.2) is 41.4 Å². The number of nitrogens with zero attached hydrogens (tertiary/aromatic N) is 1. The third-order valence-electron chi connectivity index (χ3n) is 3.41. The second-order valence-electron chi connectivity index (χ2n) is 4.38. The van der Waals surface area contributed by atoms with Crippen LogP contribution in [0.4, 0.5) is 0 Å². The van der Waals surface area contributed by atoms with Crippen molar-refractivity contribution in [2.45, 2.75) is 19.3 Å². The van der Waals surface area contributed by atoms with Crippen LogP contribution in [0.3, 0.4) is 0 Å². The number of rotatable bonds is 0. The van der Waals surface area contributed by atoms with Gasteiger partial charge in [-0.3, -0.25) is 4.99 Å². The zero-order chi connectivity index (χ0) is 11.0. The lowest BCUT2D eigenvalue weighted by Crippen LogP contribution is -2.11. The van der Waals surface area contributed by atoms with E-state index in [0.29, 0.717) is 0 Å². The number of hydrogen-bond donors (Lipinski definition) is 0. The van der Waals surface area contributed by atoms with Crippen LogP contribution in [0.5, 0.6) is 0 Å². The van der Waals surface area contributed by atoms with Gasteiger partial charge in [0.25, 0.3) is 0 Å². The number of fused-ring (bicyclic) bond motifs is 2. The summed E-state index contributed by atoms with van der Waals surface area (Å²) >= 11 is 0. The van der Waals surface area contributed by atoms with Crippen molar-refractivity contribution >= 4 is 16.5 Å². The number of benzene rings is 2. The molecule has 0 bridgehead atoms. The second kappa shape index (κ2) is 3.75. The van der Waals surface area contributed by atoms with Crippen LogP contribution in [-0.4, -0.2) is 12.8 Å². The largest absolute Gasteiger partial charge is 0.292 e. The zero-order valence-electron chi connectivity index (χ0n) is 9.53. The molecule has 2 aromatic rings. The molecule has 1 heteroatoms. The predicted molar refractivity (Wildman–Crippen MR) is 69.3 cm³/mol. The summed E-state index contributed by atoms with van der Waals surface area (Å²) in [6, 6.07) is 13.2. The fourth-order valence-corrected chi connectivity index (χ4v) is 2.58. The Labute approximate surface area is 95.8 Å². The molecule has 1 nitrogen and oxygen atoms in total. The monoisotopic (exact) mass is 209 g/mol. The molecule has 0 atom stereocenters. The van der Waals surface area contributed by atoms with Crippen LogP contribution in [0.2, 0.25) is 0 Å². The molecule has 0 saturated heterocycles. The van der Waals surface area contributed by atoms with Gasteiger partial charge in [0.15, 0.2) is 0 Å². The summed E-state index contributed by atoms with van der Waals surface area (Å²) in [4.78, 5) is 4.41. The molecule has 0 radical (unpaired) electrons. The molecule has 0 N–H and O–H groups in total. The Morgan fingerprint density at radius 2 is 1.75 bits per heavy atom. The lowest BCUT2D eigenvalue weighted by atomic mass is 9.88. The summed E-state index contributed by atoms with van der Waals surface area (Å²) in [6.45, 7) is 0. The topological polar surface area (TPSA) is 12.4 Å². The first-order chi connectivity index (χ1) is 7.88. The van der Waals surface area contributed by atoms with Gasteiger partial charge in [-0.05, 0) is 47.2 Å². The molecule has 0 unspecified atom stereocenters. The molecule has 0 aliphatic heterocycles. The molecule has 1 aliphatic rings. The number of aryl methyl sites for hydroxylation is 1. The second-order valence-corrected chi connectivity index (χ2v) is 4.38. The van der Waals surface area contributed by atoms with E-state index in [2.05, 4.69) is 41.4 Å². The maximum Gasteiger partial charge on any atom is 0.0420 e. The van der Waals surface area contributed by atoms with E-state index in [4.69, 9.17) is 0 Å². The molecule has 0 heterocycles. The van der Waals surface area contributed by atoms with Gasteiger partial charge in [-0.1, -0.05) is 30.3 Å². The van der Waals surface area contributed by atoms with Crippen molar-refractivity contribution in [1.29, 1.82) is 0 Å². The maximum absolute atomic E-state index is 4.41. The Morgan fingerprint density at radius 1 is 1.00 bits per heavy atom. The first kappa shape index (κ1) is 9.59. The van der Waals surface area contributed by atoms with Gasteiger partial charge in [0.1, 0.15) is 0 Å². The Bertz CT molecular complexity index is 567. The van der Waals surface area contributed by atoms with Gasteiger partial charge in [0.2, 0.25) is 0 Å². The highest BCUT2D eigenvalue weighted by Crippen LogP contribution is 2.26. The SMILES string of the molecule is CN=C1CCCc2cc3ccccc3cc21. The van der Waals surface area contributed by atoms with Gasteiger partial charge in [-0.25, -0.2) is 0 Å². The Morgan fingerprint density at radius 3 is 2.50 bits per heavy atom. The highest BCUT2D eigenvalue weighted by Gasteiger charge is 2.15. The average molecular weight is 209 g/mol. The van der Waals surface area contributed by atoms with E-state index >= 15 is 0 Å². The average Bonchev–Trinajstić information content (AvgIpc) is 2.35. The van der Waals surface area contributed by atoms with Gasteiger partial charge in [0.05, 0.1) is 0 Å². The van der Waals surface area contributed by atoms with Gasteiger partial charge >= 0.3 is 0 Å². The fourth-order valence-electron chi connectivity index (χ4n) is 2.58. The fraction of sp³-hybridized carbons (Fsp3) is 0.267. The first-order valence-electron chi connectivity index (χ1n) is 5.86. The van der Waals surface area contributed by atoms with Crippen molar-refractivity contribution in [3.63, 3.8) is 0 Å². The molecule has 0 aromatic heterocycles. The maximum atomic E-state index is 4.41. The predicted octanol–water partition coefficient (Wildman–Crippen LogP) is 3.60. The van der Waals surface area contributed by atoms with E-state index in [1.54, 1.807) is 0 Å². The van der Waals surface area contributed by atoms with Crippen LogP contribution >= 0.6 is 0 Å². The Balaban J connectivity index is 2.29. The number of hydrogen-bond acceptors (Lipinski definition) is 1. The molecule has 0 saturated carbocycles. The zero-order valence-corrected chi connectivity index (χ0v) is 9.53. The quantitative estimate of drug-likeness (QED) is 0.628. The highest BCUT2D eigenvalue weighted by atomic mass is 14.7. The molecular weight excluding hydrogens is 194 g/mol. The third-order valence-corrected chi connectivity index (χ3v) is 3.41. The van der Waals surface area contributed by atoms with Crippen LogP contribution in [0.1, 0.15) is 24.0 Å². The van der Waals surface area contributed by atoms with Crippen LogP contribution in [0, 0.1) is 0 Å². The Hall–Kier alpha value is -1.63. The third kappa shape index (κ3) is 1.44. The highest BCUT2D eigenvalue weighted by molar-refractivity contribution is 6.05. The Kier molecular flexibility index (Phi) is 2.24. The van der Waals surface area contributed by atoms with Crippen LogP contribution in [0.25, 0.3) is 10.8 Å². The van der Waals surface area contributed by atoms with Gasteiger partial charge < -0.3 is 0 Å². The summed E-state index contributed by atoms with van der Waals surface area (Å²) in [5.41, 5.74) is 4.10. The summed E-state index contributed by atoms with van der Waals surface area (Å²) < 4.78 is 0. The van der Waals surface area contributed by atoms with Crippen molar-refractivity contribution in [2.24, 2.45) is 4.99 Å². The van der Waals surface area contributed by atoms with Gasteiger partial charge in [0, 0.05) is 12.8 Å². The lowest BCUT2D eigenvalue weighted by Gasteiger charge is -2.18. The van der Waals surface area contributed by atoms with Crippen molar-refractivity contribution in [2.75, 3.05) is 7.05 Å². The smallest absolute Gasteiger partial charge is 0.0420 e. The molecule has 0 amide bonds.